The zero-order valence-electron chi connectivity index (χ0n) is 22.0. The SMILES string of the molecule is CC(C)C[C@H](NC(=O)[C@H](C)NC(=O)[C@@H]1CCCN1C(=O)[C@H](C)NC(=O)CN=[N+]=N)C(O)(O)[C@@](C)(N)CO. The third kappa shape index (κ3) is 8.54. The number of aliphatic hydroxyl groups is 3. The lowest BCUT2D eigenvalue weighted by Crippen LogP contribution is -2.71. The highest BCUT2D eigenvalue weighted by molar-refractivity contribution is 5.94. The summed E-state index contributed by atoms with van der Waals surface area (Å²) >= 11 is 0. The third-order valence-corrected chi connectivity index (χ3v) is 6.30. The smallest absolute Gasteiger partial charge is 0.249 e. The minimum Gasteiger partial charge on any atom is -0.394 e. The Bertz CT molecular complexity index is 888. The van der Waals surface area contributed by atoms with E-state index in [2.05, 4.69) is 26.0 Å². The van der Waals surface area contributed by atoms with Crippen molar-refractivity contribution in [3.8, 4) is 0 Å². The molecule has 0 aromatic heterocycles. The molecule has 1 aliphatic rings. The minimum atomic E-state index is -2.65. The molecule has 1 saturated heterocycles. The number of nitrogens with zero attached hydrogens (tertiary/aromatic N) is 3. The number of nitrogens with one attached hydrogen (secondary N) is 4. The fraction of sp³-hybridized carbons (Fsp3) is 0.818. The lowest BCUT2D eigenvalue weighted by Gasteiger charge is -2.43. The molecule has 0 spiro atoms. The van der Waals surface area contributed by atoms with Crippen LogP contribution in [0.25, 0.3) is 0 Å². The second-order valence-electron chi connectivity index (χ2n) is 10.1. The van der Waals surface area contributed by atoms with Gasteiger partial charge in [-0.3, -0.25) is 19.2 Å². The first-order valence-corrected chi connectivity index (χ1v) is 12.2. The van der Waals surface area contributed by atoms with Gasteiger partial charge in [0.2, 0.25) is 40.9 Å². The van der Waals surface area contributed by atoms with Gasteiger partial charge in [0.25, 0.3) is 0 Å². The van der Waals surface area contributed by atoms with Gasteiger partial charge >= 0.3 is 0 Å². The normalized spacial score (nSPS) is 19.7. The van der Waals surface area contributed by atoms with E-state index in [4.69, 9.17) is 11.3 Å². The van der Waals surface area contributed by atoms with Crippen molar-refractivity contribution in [2.75, 3.05) is 19.7 Å². The molecule has 0 bridgehead atoms. The number of aliphatic hydroxyl groups excluding tert-OH is 1. The second kappa shape index (κ2) is 13.5. The molecule has 15 nitrogen and oxygen atoms in total. The molecule has 0 aliphatic carbocycles. The van der Waals surface area contributed by atoms with Gasteiger partial charge in [0.1, 0.15) is 28.8 Å². The Morgan fingerprint density at radius 3 is 2.30 bits per heavy atom. The molecule has 0 radical (unpaired) electrons. The minimum absolute atomic E-state index is 0.0704. The Kier molecular flexibility index (Phi) is 11.7. The van der Waals surface area contributed by atoms with E-state index in [1.165, 1.54) is 25.7 Å². The van der Waals surface area contributed by atoms with Crippen molar-refractivity contribution in [2.45, 2.75) is 89.4 Å². The van der Waals surface area contributed by atoms with Crippen molar-refractivity contribution in [1.29, 1.82) is 5.53 Å². The number of hydrogen-bond acceptors (Lipinski definition) is 10. The van der Waals surface area contributed by atoms with Crippen molar-refractivity contribution in [2.24, 2.45) is 16.8 Å². The van der Waals surface area contributed by atoms with Crippen LogP contribution in [0.2, 0.25) is 0 Å². The summed E-state index contributed by atoms with van der Waals surface area (Å²) in [7, 11) is 0. The molecule has 1 heterocycles. The van der Waals surface area contributed by atoms with E-state index in [-0.39, 0.29) is 18.9 Å². The lowest BCUT2D eigenvalue weighted by atomic mass is 9.83. The van der Waals surface area contributed by atoms with Crippen LogP contribution >= 0.6 is 0 Å². The van der Waals surface area contributed by atoms with Gasteiger partial charge in [-0.1, -0.05) is 13.8 Å². The van der Waals surface area contributed by atoms with E-state index in [0.717, 1.165) is 0 Å². The average Bonchev–Trinajstić information content (AvgIpc) is 3.31. The van der Waals surface area contributed by atoms with Gasteiger partial charge in [-0.15, -0.1) is 0 Å². The number of rotatable bonds is 13. The van der Waals surface area contributed by atoms with Gasteiger partial charge in [0.15, 0.2) is 0 Å². The number of hydrogen-bond donors (Lipinski definition) is 8. The molecule has 0 saturated carbocycles. The molecule has 210 valence electrons. The third-order valence-electron chi connectivity index (χ3n) is 6.30. The summed E-state index contributed by atoms with van der Waals surface area (Å²) in [5.41, 5.74) is 10.6. The molecule has 0 aromatic rings. The molecule has 15 heteroatoms. The van der Waals surface area contributed by atoms with Gasteiger partial charge < -0.3 is 41.9 Å². The van der Waals surface area contributed by atoms with Gasteiger partial charge in [-0.05, 0) is 46.0 Å². The Morgan fingerprint density at radius 1 is 1.14 bits per heavy atom. The standard InChI is InChI=1S/C22H40N8O7/c1-12(2)9-16(22(36,37)21(5,23)11-31)28-18(33)13(3)27-19(34)15-7-6-8-30(15)20(35)14(4)26-17(32)10-25-29-24/h12-16,24,31,36-37H,6-11,23H2,1-5H3,(H2-,26,27,28,32,33,34)/p+1/t13-,14-,15-,16-,21-/m0/s1. The summed E-state index contributed by atoms with van der Waals surface area (Å²) in [6.45, 7) is 6.86. The molecule has 5 atom stereocenters. The molecule has 0 aromatic carbocycles. The van der Waals surface area contributed by atoms with E-state index in [0.29, 0.717) is 12.8 Å². The Hall–Kier alpha value is -2.97. The first-order chi connectivity index (χ1) is 17.1. The van der Waals surface area contributed by atoms with E-state index < -0.39 is 72.3 Å². The highest BCUT2D eigenvalue weighted by Gasteiger charge is 2.49. The zero-order valence-corrected chi connectivity index (χ0v) is 22.0. The summed E-state index contributed by atoms with van der Waals surface area (Å²) in [6.07, 6.45) is 1.03. The van der Waals surface area contributed by atoms with Crippen LogP contribution in [0.1, 0.15) is 53.9 Å². The number of carbonyl (C=O) groups excluding carboxylic acids is 4. The molecule has 1 fully saturated rings. The number of nitrogens with two attached hydrogens (primary N) is 1. The first-order valence-electron chi connectivity index (χ1n) is 12.2. The maximum Gasteiger partial charge on any atom is 0.249 e. The van der Waals surface area contributed by atoms with Crippen LogP contribution in [-0.2, 0) is 19.2 Å². The number of likely N-dealkylation sites (tertiary alicyclic amines) is 1. The number of carbonyl (C=O) groups is 4. The maximum absolute atomic E-state index is 13.0. The van der Waals surface area contributed by atoms with Crippen molar-refractivity contribution in [1.82, 2.24) is 25.8 Å². The molecular formula is C22H41N8O7+. The van der Waals surface area contributed by atoms with Gasteiger partial charge in [-0.2, -0.15) is 0 Å². The van der Waals surface area contributed by atoms with Crippen LogP contribution in [0, 0.1) is 11.4 Å². The Labute approximate surface area is 215 Å². The summed E-state index contributed by atoms with van der Waals surface area (Å²) in [6, 6.07) is -4.15. The van der Waals surface area contributed by atoms with E-state index >= 15 is 0 Å². The highest BCUT2D eigenvalue weighted by atomic mass is 16.5. The zero-order chi connectivity index (χ0) is 28.6. The molecule has 37 heavy (non-hydrogen) atoms. The topological polar surface area (TPSA) is 245 Å². The van der Waals surface area contributed by atoms with Crippen LogP contribution in [0.3, 0.4) is 0 Å². The molecule has 1 rings (SSSR count). The fourth-order valence-electron chi connectivity index (χ4n) is 3.98. The van der Waals surface area contributed by atoms with Crippen molar-refractivity contribution < 1.29 is 34.5 Å². The average molecular weight is 530 g/mol. The molecule has 1 aliphatic heterocycles. The number of amides is 4. The van der Waals surface area contributed by atoms with E-state index in [1.807, 2.05) is 13.8 Å². The van der Waals surface area contributed by atoms with E-state index in [1.54, 1.807) is 0 Å². The van der Waals surface area contributed by atoms with Crippen LogP contribution in [-0.4, -0.2) is 99.0 Å². The molecule has 4 amide bonds. The summed E-state index contributed by atoms with van der Waals surface area (Å²) in [4.78, 5) is 54.5. The summed E-state index contributed by atoms with van der Waals surface area (Å²) in [5, 5.41) is 41.6. The van der Waals surface area contributed by atoms with Crippen LogP contribution in [0.5, 0.6) is 0 Å². The predicted octanol–water partition coefficient (Wildman–Crippen LogP) is -2.54. The van der Waals surface area contributed by atoms with Gasteiger partial charge in [-0.25, -0.2) is 0 Å². The van der Waals surface area contributed by atoms with Gasteiger partial charge in [0, 0.05) is 6.54 Å². The van der Waals surface area contributed by atoms with Crippen LogP contribution < -0.4 is 26.6 Å². The van der Waals surface area contributed by atoms with E-state index in [9.17, 15) is 34.5 Å². The molecule has 0 unspecified atom stereocenters. The quantitative estimate of drug-likeness (QED) is 0.0715. The van der Waals surface area contributed by atoms with Crippen LogP contribution in [0.15, 0.2) is 5.11 Å². The summed E-state index contributed by atoms with van der Waals surface area (Å²) < 4.78 is 0. The van der Waals surface area contributed by atoms with Crippen molar-refractivity contribution in [3.63, 3.8) is 0 Å². The van der Waals surface area contributed by atoms with Crippen LogP contribution in [0.4, 0.5) is 0 Å². The largest absolute Gasteiger partial charge is 0.394 e. The van der Waals surface area contributed by atoms with Crippen molar-refractivity contribution >= 4 is 23.6 Å². The van der Waals surface area contributed by atoms with Crippen molar-refractivity contribution in [3.05, 3.63) is 0 Å². The second-order valence-corrected chi connectivity index (χ2v) is 10.1. The monoisotopic (exact) mass is 529 g/mol. The first kappa shape index (κ1) is 32.1. The highest BCUT2D eigenvalue weighted by Crippen LogP contribution is 2.25. The Morgan fingerprint density at radius 2 is 1.76 bits per heavy atom. The van der Waals surface area contributed by atoms with Gasteiger partial charge in [0.05, 0.1) is 18.2 Å². The summed E-state index contributed by atoms with van der Waals surface area (Å²) in [5.74, 6) is -5.09. The molecule has 9 N–H and O–H groups in total. The predicted molar refractivity (Wildman–Crippen MR) is 130 cm³/mol. The maximum atomic E-state index is 13.0. The molecular weight excluding hydrogens is 488 g/mol. The fourth-order valence-corrected chi connectivity index (χ4v) is 3.98. The Balaban J connectivity index is 2.87. The lowest BCUT2D eigenvalue weighted by molar-refractivity contribution is -0.234.